The molecule has 0 heterocycles. The van der Waals surface area contributed by atoms with Crippen LogP contribution in [0.4, 0.5) is 4.39 Å². The van der Waals surface area contributed by atoms with Crippen LogP contribution in [0, 0.1) is 5.82 Å². The summed E-state index contributed by atoms with van der Waals surface area (Å²) in [5.41, 5.74) is -0.875. The van der Waals surface area contributed by atoms with Gasteiger partial charge in [-0.15, -0.1) is 0 Å². The second-order valence-electron chi connectivity index (χ2n) is 5.51. The highest BCUT2D eigenvalue weighted by Crippen LogP contribution is 2.29. The first-order valence-electron chi connectivity index (χ1n) is 6.80. The Morgan fingerprint density at radius 3 is 2.39 bits per heavy atom. The highest BCUT2D eigenvalue weighted by atomic mass is 35.5. The second-order valence-corrected chi connectivity index (χ2v) is 7.60. The highest BCUT2D eigenvalue weighted by Gasteiger charge is 2.30. The summed E-state index contributed by atoms with van der Waals surface area (Å²) in [4.78, 5) is -0.0206. The third kappa shape index (κ3) is 3.83. The predicted octanol–water partition coefficient (Wildman–Crippen LogP) is 3.70. The van der Waals surface area contributed by atoms with Crippen LogP contribution in [0.2, 0.25) is 5.02 Å². The van der Waals surface area contributed by atoms with Crippen LogP contribution >= 0.6 is 11.6 Å². The topological polar surface area (TPSA) is 55.4 Å². The van der Waals surface area contributed by atoms with Crippen LogP contribution in [0.15, 0.2) is 47.4 Å². The van der Waals surface area contributed by atoms with Crippen LogP contribution in [0.3, 0.4) is 0 Å². The van der Waals surface area contributed by atoms with Gasteiger partial charge in [-0.1, -0.05) is 29.8 Å². The van der Waals surface area contributed by atoms with Crippen molar-refractivity contribution in [2.24, 2.45) is 0 Å². The van der Waals surface area contributed by atoms with Gasteiger partial charge in [-0.2, -0.15) is 0 Å². The van der Waals surface area contributed by atoms with Gasteiger partial charge < -0.3 is 4.74 Å². The first-order chi connectivity index (χ1) is 10.7. The molecule has 7 heteroatoms. The van der Waals surface area contributed by atoms with Crippen molar-refractivity contribution in [3.8, 4) is 5.75 Å². The Labute approximate surface area is 140 Å². The molecule has 0 atom stereocenters. The van der Waals surface area contributed by atoms with E-state index in [4.69, 9.17) is 16.3 Å². The third-order valence-corrected chi connectivity index (χ3v) is 5.32. The Morgan fingerprint density at radius 1 is 1.17 bits per heavy atom. The van der Waals surface area contributed by atoms with Crippen LogP contribution < -0.4 is 9.46 Å². The zero-order valence-electron chi connectivity index (χ0n) is 12.9. The lowest BCUT2D eigenvalue weighted by atomic mass is 9.95. The molecule has 23 heavy (non-hydrogen) atoms. The van der Waals surface area contributed by atoms with Gasteiger partial charge in [0, 0.05) is 5.56 Å². The first kappa shape index (κ1) is 17.7. The van der Waals surface area contributed by atoms with Crippen LogP contribution in [0.1, 0.15) is 19.4 Å². The third-order valence-electron chi connectivity index (χ3n) is 3.37. The van der Waals surface area contributed by atoms with E-state index < -0.39 is 21.4 Å². The average molecular weight is 358 g/mol. The molecule has 0 spiro atoms. The molecule has 2 rings (SSSR count). The summed E-state index contributed by atoms with van der Waals surface area (Å²) in [5, 5.41) is 0.180. The Kier molecular flexibility index (Phi) is 4.98. The van der Waals surface area contributed by atoms with E-state index in [-0.39, 0.29) is 15.5 Å². The Balaban J connectivity index is 2.37. The molecule has 0 aliphatic rings. The van der Waals surface area contributed by atoms with Gasteiger partial charge in [0.2, 0.25) is 10.0 Å². The van der Waals surface area contributed by atoms with Crippen LogP contribution in [0.25, 0.3) is 0 Å². The van der Waals surface area contributed by atoms with Gasteiger partial charge in [-0.25, -0.2) is 17.5 Å². The van der Waals surface area contributed by atoms with Crippen molar-refractivity contribution >= 4 is 21.6 Å². The molecule has 0 aliphatic carbocycles. The van der Waals surface area contributed by atoms with Crippen molar-refractivity contribution in [1.29, 1.82) is 0 Å². The summed E-state index contributed by atoms with van der Waals surface area (Å²) < 4.78 is 46.6. The summed E-state index contributed by atoms with van der Waals surface area (Å²) in [5.74, 6) is -0.105. The Hall–Kier alpha value is -1.63. The molecule has 0 bridgehead atoms. The molecule has 0 aromatic heterocycles. The number of benzene rings is 2. The van der Waals surface area contributed by atoms with E-state index in [1.54, 1.807) is 32.0 Å². The minimum absolute atomic E-state index is 0.0206. The van der Waals surface area contributed by atoms with E-state index in [1.807, 2.05) is 0 Å². The van der Waals surface area contributed by atoms with Crippen molar-refractivity contribution in [1.82, 2.24) is 4.72 Å². The molecule has 0 radical (unpaired) electrons. The summed E-state index contributed by atoms with van der Waals surface area (Å²) >= 11 is 5.97. The van der Waals surface area contributed by atoms with Crippen LogP contribution in [-0.4, -0.2) is 15.5 Å². The van der Waals surface area contributed by atoms with E-state index >= 15 is 0 Å². The van der Waals surface area contributed by atoms with Gasteiger partial charge in [0.1, 0.15) is 11.6 Å². The number of nitrogens with one attached hydrogen (secondary N) is 1. The predicted molar refractivity (Wildman–Crippen MR) is 87.8 cm³/mol. The molecule has 2 aromatic rings. The van der Waals surface area contributed by atoms with E-state index in [0.29, 0.717) is 5.75 Å². The minimum Gasteiger partial charge on any atom is -0.495 e. The maximum absolute atomic E-state index is 14.0. The summed E-state index contributed by atoms with van der Waals surface area (Å²) in [6, 6.07) is 10.2. The Morgan fingerprint density at radius 2 is 1.83 bits per heavy atom. The zero-order chi connectivity index (χ0) is 17.3. The number of hydrogen-bond donors (Lipinski definition) is 1. The van der Waals surface area contributed by atoms with Gasteiger partial charge in [0.05, 0.1) is 22.6 Å². The van der Waals surface area contributed by atoms with E-state index in [9.17, 15) is 12.8 Å². The van der Waals surface area contributed by atoms with Crippen LogP contribution in [-0.2, 0) is 15.6 Å². The molecule has 0 saturated carbocycles. The highest BCUT2D eigenvalue weighted by molar-refractivity contribution is 7.89. The normalized spacial score (nSPS) is 12.2. The van der Waals surface area contributed by atoms with Gasteiger partial charge in [0.15, 0.2) is 0 Å². The molecular weight excluding hydrogens is 341 g/mol. The summed E-state index contributed by atoms with van der Waals surface area (Å²) in [6.07, 6.45) is 0. The number of methoxy groups -OCH3 is 1. The monoisotopic (exact) mass is 357 g/mol. The van der Waals surface area contributed by atoms with Crippen molar-refractivity contribution < 1.29 is 17.5 Å². The summed E-state index contributed by atoms with van der Waals surface area (Å²) in [7, 11) is -2.45. The maximum atomic E-state index is 14.0. The molecule has 0 fully saturated rings. The van der Waals surface area contributed by atoms with Crippen LogP contribution in [0.5, 0.6) is 5.75 Å². The van der Waals surface area contributed by atoms with Gasteiger partial charge in [-0.05, 0) is 38.1 Å². The fourth-order valence-corrected chi connectivity index (χ4v) is 3.97. The lowest BCUT2D eigenvalue weighted by Gasteiger charge is -2.27. The molecule has 4 nitrogen and oxygen atoms in total. The molecule has 0 aliphatic heterocycles. The molecule has 2 aromatic carbocycles. The molecular formula is C16H17ClFNO3S. The molecule has 0 unspecified atom stereocenters. The minimum atomic E-state index is -3.89. The summed E-state index contributed by atoms with van der Waals surface area (Å²) in [6.45, 7) is 3.18. The second kappa shape index (κ2) is 6.47. The lowest BCUT2D eigenvalue weighted by Crippen LogP contribution is -2.41. The number of halogens is 2. The van der Waals surface area contributed by atoms with E-state index in [0.717, 1.165) is 0 Å². The van der Waals surface area contributed by atoms with Crippen molar-refractivity contribution in [3.05, 3.63) is 58.9 Å². The number of ether oxygens (including phenoxy) is 1. The van der Waals surface area contributed by atoms with E-state index in [1.165, 1.54) is 31.4 Å². The standard InChI is InChI=1S/C16H17ClFNO3S/c1-16(2,12-6-4-5-7-14(12)18)19-23(20,21)11-8-9-15(22-3)13(17)10-11/h4-10,19H,1-3H3. The van der Waals surface area contributed by atoms with Crippen molar-refractivity contribution in [2.75, 3.05) is 7.11 Å². The SMILES string of the molecule is COc1ccc(S(=O)(=O)NC(C)(C)c2ccccc2F)cc1Cl. The van der Waals surface area contributed by atoms with Gasteiger partial charge >= 0.3 is 0 Å². The Bertz CT molecular complexity index is 822. The molecule has 0 saturated heterocycles. The fourth-order valence-electron chi connectivity index (χ4n) is 2.23. The fraction of sp³-hybridized carbons (Fsp3) is 0.250. The van der Waals surface area contributed by atoms with E-state index in [2.05, 4.69) is 4.72 Å². The number of sulfonamides is 1. The number of rotatable bonds is 5. The number of hydrogen-bond acceptors (Lipinski definition) is 3. The average Bonchev–Trinajstić information content (AvgIpc) is 2.46. The zero-order valence-corrected chi connectivity index (χ0v) is 14.5. The van der Waals surface area contributed by atoms with Gasteiger partial charge in [-0.3, -0.25) is 0 Å². The molecule has 124 valence electrons. The maximum Gasteiger partial charge on any atom is 0.241 e. The van der Waals surface area contributed by atoms with Crippen molar-refractivity contribution in [2.45, 2.75) is 24.3 Å². The van der Waals surface area contributed by atoms with Crippen molar-refractivity contribution in [3.63, 3.8) is 0 Å². The largest absolute Gasteiger partial charge is 0.495 e. The molecule has 1 N–H and O–H groups in total. The molecule has 0 amide bonds. The lowest BCUT2D eigenvalue weighted by molar-refractivity contribution is 0.414. The first-order valence-corrected chi connectivity index (χ1v) is 8.66. The van der Waals surface area contributed by atoms with Gasteiger partial charge in [0.25, 0.3) is 0 Å². The quantitative estimate of drug-likeness (QED) is 0.887. The smallest absolute Gasteiger partial charge is 0.241 e.